The molecular formula is C19H24N4O2. The van der Waals surface area contributed by atoms with E-state index >= 15 is 0 Å². The number of piperidine rings is 1. The molecule has 3 N–H and O–H groups in total. The molecule has 0 spiro atoms. The van der Waals surface area contributed by atoms with E-state index in [1.54, 1.807) is 23.9 Å². The fraction of sp³-hybridized carbons (Fsp3) is 0.368. The number of benzene rings is 1. The summed E-state index contributed by atoms with van der Waals surface area (Å²) in [6.45, 7) is 2.76. The van der Waals surface area contributed by atoms with Gasteiger partial charge >= 0.3 is 0 Å². The molecule has 0 radical (unpaired) electrons. The highest BCUT2D eigenvalue weighted by atomic mass is 16.2. The second-order valence-corrected chi connectivity index (χ2v) is 6.62. The van der Waals surface area contributed by atoms with Crippen LogP contribution in [-0.2, 0) is 13.6 Å². The van der Waals surface area contributed by atoms with Crippen molar-refractivity contribution in [3.63, 3.8) is 0 Å². The van der Waals surface area contributed by atoms with Crippen molar-refractivity contribution in [2.45, 2.75) is 25.4 Å². The summed E-state index contributed by atoms with van der Waals surface area (Å²) in [6, 6.07) is 12.0. The normalized spacial score (nSPS) is 18.0. The monoisotopic (exact) mass is 340 g/mol. The Kier molecular flexibility index (Phi) is 5.19. The van der Waals surface area contributed by atoms with Crippen LogP contribution in [0.5, 0.6) is 0 Å². The van der Waals surface area contributed by atoms with E-state index in [9.17, 15) is 9.59 Å². The third kappa shape index (κ3) is 4.28. The third-order valence-corrected chi connectivity index (χ3v) is 4.61. The van der Waals surface area contributed by atoms with Crippen molar-refractivity contribution < 1.29 is 9.59 Å². The summed E-state index contributed by atoms with van der Waals surface area (Å²) < 4.78 is 1.64. The average molecular weight is 340 g/mol. The van der Waals surface area contributed by atoms with Crippen LogP contribution in [0.2, 0.25) is 0 Å². The maximum absolute atomic E-state index is 12.5. The number of hydrogen-bond donors (Lipinski definition) is 2. The molecule has 25 heavy (non-hydrogen) atoms. The van der Waals surface area contributed by atoms with Gasteiger partial charge in [0.1, 0.15) is 5.69 Å². The average Bonchev–Trinajstić information content (AvgIpc) is 2.98. The van der Waals surface area contributed by atoms with Gasteiger partial charge in [0.2, 0.25) is 5.91 Å². The molecule has 1 aliphatic rings. The Labute approximate surface area is 147 Å². The lowest BCUT2D eigenvalue weighted by Gasteiger charge is -2.33. The lowest BCUT2D eigenvalue weighted by molar-refractivity contribution is 0.0892. The van der Waals surface area contributed by atoms with Gasteiger partial charge in [0, 0.05) is 32.4 Å². The minimum atomic E-state index is -0.527. The Hall–Kier alpha value is -2.60. The lowest BCUT2D eigenvalue weighted by atomic mass is 10.0. The summed E-state index contributed by atoms with van der Waals surface area (Å²) in [7, 11) is 1.74. The van der Waals surface area contributed by atoms with Gasteiger partial charge < -0.3 is 15.6 Å². The summed E-state index contributed by atoms with van der Waals surface area (Å²) in [6.07, 6.45) is 3.60. The molecule has 2 amide bonds. The van der Waals surface area contributed by atoms with Crippen molar-refractivity contribution in [1.29, 1.82) is 0 Å². The first kappa shape index (κ1) is 17.2. The molecule has 0 bridgehead atoms. The zero-order valence-electron chi connectivity index (χ0n) is 14.4. The predicted octanol–water partition coefficient (Wildman–Crippen LogP) is 1.52. The molecule has 3 rings (SSSR count). The first-order valence-corrected chi connectivity index (χ1v) is 8.56. The number of likely N-dealkylation sites (tertiary alicyclic amines) is 1. The van der Waals surface area contributed by atoms with Crippen molar-refractivity contribution in [2.75, 3.05) is 13.1 Å². The molecule has 6 nitrogen and oxygen atoms in total. The van der Waals surface area contributed by atoms with E-state index in [0.717, 1.165) is 32.5 Å². The molecule has 6 heteroatoms. The van der Waals surface area contributed by atoms with E-state index in [2.05, 4.69) is 22.3 Å². The molecule has 1 fully saturated rings. The van der Waals surface area contributed by atoms with E-state index in [0.29, 0.717) is 11.3 Å². The number of hydrogen-bond acceptors (Lipinski definition) is 3. The number of nitrogens with one attached hydrogen (secondary N) is 1. The van der Waals surface area contributed by atoms with Crippen LogP contribution in [0.15, 0.2) is 42.6 Å². The zero-order chi connectivity index (χ0) is 17.8. The smallest absolute Gasteiger partial charge is 0.268 e. The molecular weight excluding hydrogens is 316 g/mol. The predicted molar refractivity (Wildman–Crippen MR) is 96.1 cm³/mol. The quantitative estimate of drug-likeness (QED) is 0.866. The van der Waals surface area contributed by atoms with E-state index in [1.807, 2.05) is 18.2 Å². The maximum atomic E-state index is 12.5. The number of carbonyl (C=O) groups is 2. The molecule has 2 heterocycles. The Bertz CT molecular complexity index is 754. The lowest BCUT2D eigenvalue weighted by Crippen LogP contribution is -2.47. The number of primary amides is 1. The SMILES string of the molecule is Cn1cc(C(N)=O)cc1C(=O)NC1CCCN(Cc2ccccc2)C1. The summed E-state index contributed by atoms with van der Waals surface area (Å²) in [5, 5.41) is 3.09. The highest BCUT2D eigenvalue weighted by molar-refractivity contribution is 5.98. The molecule has 1 aliphatic heterocycles. The molecule has 0 saturated carbocycles. The van der Waals surface area contributed by atoms with Crippen molar-refractivity contribution in [3.8, 4) is 0 Å². The van der Waals surface area contributed by atoms with Gasteiger partial charge in [-0.25, -0.2) is 0 Å². The summed E-state index contributed by atoms with van der Waals surface area (Å²) in [4.78, 5) is 26.2. The molecule has 1 saturated heterocycles. The third-order valence-electron chi connectivity index (χ3n) is 4.61. The van der Waals surface area contributed by atoms with Gasteiger partial charge in [-0.3, -0.25) is 14.5 Å². The fourth-order valence-corrected chi connectivity index (χ4v) is 3.34. The van der Waals surface area contributed by atoms with E-state index in [4.69, 9.17) is 5.73 Å². The summed E-state index contributed by atoms with van der Waals surface area (Å²) in [5.74, 6) is -0.692. The van der Waals surface area contributed by atoms with Gasteiger partial charge in [-0.1, -0.05) is 30.3 Å². The van der Waals surface area contributed by atoms with Crippen LogP contribution in [0, 0.1) is 0 Å². The molecule has 1 unspecified atom stereocenters. The number of rotatable bonds is 5. The topological polar surface area (TPSA) is 80.4 Å². The summed E-state index contributed by atoms with van der Waals surface area (Å²) >= 11 is 0. The van der Waals surface area contributed by atoms with Gasteiger partial charge in [0.05, 0.1) is 5.56 Å². The number of aryl methyl sites for hydroxylation is 1. The first-order chi connectivity index (χ1) is 12.0. The molecule has 1 aromatic carbocycles. The van der Waals surface area contributed by atoms with Gasteiger partial charge in [-0.15, -0.1) is 0 Å². The minimum Gasteiger partial charge on any atom is -0.366 e. The molecule has 1 aromatic heterocycles. The van der Waals surface area contributed by atoms with Crippen LogP contribution in [0.3, 0.4) is 0 Å². The fourth-order valence-electron chi connectivity index (χ4n) is 3.34. The van der Waals surface area contributed by atoms with Gasteiger partial charge in [-0.05, 0) is 31.0 Å². The van der Waals surface area contributed by atoms with Gasteiger partial charge in [-0.2, -0.15) is 0 Å². The first-order valence-electron chi connectivity index (χ1n) is 8.56. The Morgan fingerprint density at radius 3 is 2.72 bits per heavy atom. The van der Waals surface area contributed by atoms with Crippen LogP contribution >= 0.6 is 0 Å². The largest absolute Gasteiger partial charge is 0.366 e. The molecule has 2 aromatic rings. The van der Waals surface area contributed by atoms with Crippen molar-refractivity contribution >= 4 is 11.8 Å². The van der Waals surface area contributed by atoms with E-state index in [1.165, 1.54) is 5.56 Å². The zero-order valence-corrected chi connectivity index (χ0v) is 14.4. The number of amides is 2. The Morgan fingerprint density at radius 1 is 1.28 bits per heavy atom. The van der Waals surface area contributed by atoms with E-state index < -0.39 is 5.91 Å². The van der Waals surface area contributed by atoms with E-state index in [-0.39, 0.29) is 11.9 Å². The Balaban J connectivity index is 1.60. The van der Waals surface area contributed by atoms with Crippen LogP contribution in [0.1, 0.15) is 39.3 Å². The second kappa shape index (κ2) is 7.53. The van der Waals surface area contributed by atoms with Crippen molar-refractivity contribution in [1.82, 2.24) is 14.8 Å². The maximum Gasteiger partial charge on any atom is 0.268 e. The molecule has 0 aliphatic carbocycles. The highest BCUT2D eigenvalue weighted by Crippen LogP contribution is 2.15. The van der Waals surface area contributed by atoms with Crippen LogP contribution in [-0.4, -0.2) is 40.4 Å². The minimum absolute atomic E-state index is 0.108. The Morgan fingerprint density at radius 2 is 2.04 bits per heavy atom. The number of nitrogens with zero attached hydrogens (tertiary/aromatic N) is 2. The van der Waals surface area contributed by atoms with Crippen LogP contribution in [0.25, 0.3) is 0 Å². The van der Waals surface area contributed by atoms with Crippen molar-refractivity contribution in [3.05, 3.63) is 59.4 Å². The number of carbonyl (C=O) groups excluding carboxylic acids is 2. The molecule has 1 atom stereocenters. The van der Waals surface area contributed by atoms with Gasteiger partial charge in [0.25, 0.3) is 5.91 Å². The standard InChI is InChI=1S/C19H24N4O2/c1-22-12-15(18(20)24)10-17(22)19(25)21-16-8-5-9-23(13-16)11-14-6-3-2-4-7-14/h2-4,6-7,10,12,16H,5,8-9,11,13H2,1H3,(H2,20,24)(H,21,25). The van der Waals surface area contributed by atoms with Crippen LogP contribution < -0.4 is 11.1 Å². The summed E-state index contributed by atoms with van der Waals surface area (Å²) in [5.41, 5.74) is 7.36. The highest BCUT2D eigenvalue weighted by Gasteiger charge is 2.23. The molecule has 132 valence electrons. The van der Waals surface area contributed by atoms with Crippen LogP contribution in [0.4, 0.5) is 0 Å². The van der Waals surface area contributed by atoms with Gasteiger partial charge in [0.15, 0.2) is 0 Å². The number of nitrogens with two attached hydrogens (primary N) is 1. The second-order valence-electron chi connectivity index (χ2n) is 6.62. The number of aromatic nitrogens is 1. The van der Waals surface area contributed by atoms with Crippen molar-refractivity contribution in [2.24, 2.45) is 12.8 Å².